The Labute approximate surface area is 329 Å². The monoisotopic (exact) mass is 828 g/mol. The van der Waals surface area contributed by atoms with E-state index in [1.165, 1.54) is 44.6 Å². The topological polar surface area (TPSA) is 189 Å². The molecule has 0 saturated heterocycles. The maximum Gasteiger partial charge on any atom is 0.407 e. The molecule has 4 aromatic rings. The molecule has 0 heterocycles. The molecule has 4 aromatic carbocycles. The summed E-state index contributed by atoms with van der Waals surface area (Å²) in [5, 5.41) is 27.9. The van der Waals surface area contributed by atoms with E-state index in [9.17, 15) is 38.2 Å². The number of anilines is 2. The Kier molecular flexibility index (Phi) is 16.0. The Balaban J connectivity index is 0.000000256. The standard InChI is InChI=1S/C18H16ClFN2O4.C16H14ClFN2O2.C2H3ClO2.ClH/c1-26-18(25)22-16-10-3-2-4-11(12(10)8-15(16)23)17(24)21-9-5-6-14(20)13(19)7-9;17-12-6-8(4-5-13(12)18)20-16(22)10-3-1-2-9-11(10)7-14(21)15(9)19;1-5-2(3)4;/h2-7,15-16,23H,8H2,1H3,(H,21,24)(H,22,25);1-6,14-15,21H,7,19H2,(H,20,22);1H3;1H/t15-,16-;14-,15-;;/m11../s1. The number of amides is 3. The molecule has 0 spiro atoms. The Morgan fingerprint density at radius 3 is 1.63 bits per heavy atom. The fourth-order valence-electron chi connectivity index (χ4n) is 5.68. The van der Waals surface area contributed by atoms with Crippen molar-refractivity contribution in [2.24, 2.45) is 5.73 Å². The third-order valence-corrected chi connectivity index (χ3v) is 8.94. The maximum atomic E-state index is 13.2. The number of hydrogen-bond acceptors (Lipinski definition) is 9. The number of alkyl carbamates (subject to hydrolysis) is 1. The van der Waals surface area contributed by atoms with Crippen molar-refractivity contribution in [2.75, 3.05) is 24.9 Å². The van der Waals surface area contributed by atoms with Gasteiger partial charge in [-0.05, 0) is 70.8 Å². The van der Waals surface area contributed by atoms with Crippen LogP contribution in [0, 0.1) is 11.6 Å². The normalized spacial score (nSPS) is 17.4. The molecule has 0 aromatic heterocycles. The van der Waals surface area contributed by atoms with E-state index in [0.29, 0.717) is 40.0 Å². The number of hydrogen-bond donors (Lipinski definition) is 6. The van der Waals surface area contributed by atoms with Crippen LogP contribution in [0.15, 0.2) is 72.8 Å². The third kappa shape index (κ3) is 10.8. The molecular weight excluding hydrogens is 796 g/mol. The molecule has 0 saturated carbocycles. The SMILES string of the molecule is COC(=O)Cl.COC(=O)N[C@@H]1c2cccc(C(=O)Nc3ccc(F)c(Cl)c3)c2C[C@H]1O.Cl.N[C@@H]1c2cccc(C(=O)Nc3ccc(F)c(Cl)c3)c2C[C@H]1O. The second-order valence-corrected chi connectivity index (χ2v) is 12.7. The van der Waals surface area contributed by atoms with Gasteiger partial charge in [0.05, 0.1) is 48.6 Å². The zero-order valence-corrected chi connectivity index (χ0v) is 31.5. The highest BCUT2D eigenvalue weighted by atomic mass is 35.5. The number of ether oxygens (including phenoxy) is 2. The average molecular weight is 830 g/mol. The highest BCUT2D eigenvalue weighted by Gasteiger charge is 2.35. The number of aliphatic hydroxyl groups is 2. The lowest BCUT2D eigenvalue weighted by Gasteiger charge is -2.17. The number of nitrogens with two attached hydrogens (primary N) is 1. The molecule has 4 atom stereocenters. The first-order valence-electron chi connectivity index (χ1n) is 15.6. The number of benzene rings is 4. The smallest absolute Gasteiger partial charge is 0.407 e. The second-order valence-electron chi connectivity index (χ2n) is 11.5. The summed E-state index contributed by atoms with van der Waals surface area (Å²) in [5.41, 5.74) is 9.49. The van der Waals surface area contributed by atoms with E-state index in [0.717, 1.165) is 17.2 Å². The molecule has 2 aliphatic carbocycles. The minimum Gasteiger partial charge on any atom is -0.457 e. The van der Waals surface area contributed by atoms with Gasteiger partial charge in [-0.3, -0.25) is 9.59 Å². The molecule has 2 aliphatic rings. The van der Waals surface area contributed by atoms with Crippen LogP contribution in [0.2, 0.25) is 10.0 Å². The van der Waals surface area contributed by atoms with Crippen molar-refractivity contribution < 1.29 is 47.6 Å². The van der Waals surface area contributed by atoms with Gasteiger partial charge in [0.2, 0.25) is 0 Å². The maximum absolute atomic E-state index is 13.2. The molecule has 54 heavy (non-hydrogen) atoms. The summed E-state index contributed by atoms with van der Waals surface area (Å²) in [7, 11) is 2.45. The van der Waals surface area contributed by atoms with Gasteiger partial charge < -0.3 is 41.4 Å². The Bertz CT molecular complexity index is 2030. The molecular formula is C36H34Cl4F2N4O8. The summed E-state index contributed by atoms with van der Waals surface area (Å²) in [5.74, 6) is -1.89. The van der Waals surface area contributed by atoms with Crippen LogP contribution < -0.4 is 21.7 Å². The van der Waals surface area contributed by atoms with E-state index in [-0.39, 0.29) is 34.8 Å². The zero-order chi connectivity index (χ0) is 39.0. The van der Waals surface area contributed by atoms with E-state index >= 15 is 0 Å². The number of methoxy groups -OCH3 is 2. The Morgan fingerprint density at radius 2 is 1.19 bits per heavy atom. The van der Waals surface area contributed by atoms with Crippen LogP contribution in [-0.4, -0.2) is 60.0 Å². The molecule has 6 rings (SSSR count). The summed E-state index contributed by atoms with van der Waals surface area (Å²) in [6, 6.07) is 16.9. The lowest BCUT2D eigenvalue weighted by molar-refractivity contribution is 0.101. The second kappa shape index (κ2) is 19.7. The Morgan fingerprint density at radius 1 is 0.741 bits per heavy atom. The molecule has 7 N–H and O–H groups in total. The van der Waals surface area contributed by atoms with Gasteiger partial charge in [-0.25, -0.2) is 18.4 Å². The van der Waals surface area contributed by atoms with Gasteiger partial charge >= 0.3 is 11.5 Å². The van der Waals surface area contributed by atoms with Crippen LogP contribution in [0.25, 0.3) is 0 Å². The van der Waals surface area contributed by atoms with Gasteiger partial charge in [0.15, 0.2) is 0 Å². The number of nitrogens with one attached hydrogen (secondary N) is 3. The first kappa shape index (κ1) is 43.9. The fraction of sp³-hybridized carbons (Fsp3) is 0.222. The summed E-state index contributed by atoms with van der Waals surface area (Å²) in [6.45, 7) is 0. The van der Waals surface area contributed by atoms with Crippen molar-refractivity contribution >= 4 is 81.9 Å². The van der Waals surface area contributed by atoms with Gasteiger partial charge in [0.1, 0.15) is 11.6 Å². The van der Waals surface area contributed by atoms with Crippen LogP contribution in [0.4, 0.5) is 29.7 Å². The van der Waals surface area contributed by atoms with E-state index < -0.39 is 53.4 Å². The predicted octanol–water partition coefficient (Wildman–Crippen LogP) is 7.11. The molecule has 0 bridgehead atoms. The number of carbonyl (C=O) groups excluding carboxylic acids is 4. The van der Waals surface area contributed by atoms with Gasteiger partial charge in [-0.1, -0.05) is 47.5 Å². The summed E-state index contributed by atoms with van der Waals surface area (Å²) >= 11 is 16.0. The van der Waals surface area contributed by atoms with Crippen molar-refractivity contribution in [1.82, 2.24) is 5.32 Å². The number of rotatable bonds is 5. The number of halogens is 6. The quantitative estimate of drug-likeness (QED) is 0.114. The zero-order valence-electron chi connectivity index (χ0n) is 28.4. The van der Waals surface area contributed by atoms with E-state index in [1.54, 1.807) is 30.3 Å². The van der Waals surface area contributed by atoms with Gasteiger partial charge in [0.25, 0.3) is 11.8 Å². The summed E-state index contributed by atoms with van der Waals surface area (Å²) in [4.78, 5) is 45.9. The minimum absolute atomic E-state index is 0. The molecule has 0 unspecified atom stereocenters. The number of aliphatic hydroxyl groups excluding tert-OH is 2. The van der Waals surface area contributed by atoms with Gasteiger partial charge in [-0.2, -0.15) is 0 Å². The highest BCUT2D eigenvalue weighted by molar-refractivity contribution is 6.61. The lowest BCUT2D eigenvalue weighted by Crippen LogP contribution is -2.33. The molecule has 0 aliphatic heterocycles. The Hall–Kier alpha value is -4.54. The van der Waals surface area contributed by atoms with Crippen LogP contribution in [0.1, 0.15) is 55.1 Å². The molecule has 12 nitrogen and oxygen atoms in total. The van der Waals surface area contributed by atoms with Gasteiger partial charge in [0, 0.05) is 46.9 Å². The first-order chi connectivity index (χ1) is 25.1. The van der Waals surface area contributed by atoms with E-state index in [2.05, 4.69) is 37.0 Å². The van der Waals surface area contributed by atoms with Crippen LogP contribution >= 0.6 is 47.2 Å². The molecule has 18 heteroatoms. The highest BCUT2D eigenvalue weighted by Crippen LogP contribution is 2.35. The lowest BCUT2D eigenvalue weighted by atomic mass is 10.0. The minimum atomic E-state index is -0.877. The molecule has 0 fully saturated rings. The molecule has 3 amide bonds. The number of fused-ring (bicyclic) bond motifs is 2. The van der Waals surface area contributed by atoms with Crippen LogP contribution in [-0.2, 0) is 22.3 Å². The summed E-state index contributed by atoms with van der Waals surface area (Å²) < 4.78 is 34.8. The average Bonchev–Trinajstić information content (AvgIpc) is 3.61. The van der Waals surface area contributed by atoms with Crippen molar-refractivity contribution in [3.05, 3.63) is 128 Å². The largest absolute Gasteiger partial charge is 0.457 e. The van der Waals surface area contributed by atoms with Crippen LogP contribution in [0.5, 0.6) is 0 Å². The van der Waals surface area contributed by atoms with Crippen LogP contribution in [0.3, 0.4) is 0 Å². The van der Waals surface area contributed by atoms with Gasteiger partial charge in [-0.15, -0.1) is 12.4 Å². The summed E-state index contributed by atoms with van der Waals surface area (Å²) in [6.07, 6.45) is -1.69. The molecule has 0 radical (unpaired) electrons. The van der Waals surface area contributed by atoms with Crippen molar-refractivity contribution in [2.45, 2.75) is 37.1 Å². The predicted molar refractivity (Wildman–Crippen MR) is 202 cm³/mol. The van der Waals surface area contributed by atoms with Crippen molar-refractivity contribution in [3.8, 4) is 0 Å². The fourth-order valence-corrected chi connectivity index (χ4v) is 6.04. The van der Waals surface area contributed by atoms with Crippen molar-refractivity contribution in [3.63, 3.8) is 0 Å². The molecule has 288 valence electrons. The first-order valence-corrected chi connectivity index (χ1v) is 16.7. The number of carbonyl (C=O) groups is 4. The van der Waals surface area contributed by atoms with E-state index in [4.69, 9.17) is 28.9 Å². The third-order valence-electron chi connectivity index (χ3n) is 8.21. The van der Waals surface area contributed by atoms with E-state index in [1.807, 2.05) is 6.07 Å². The van der Waals surface area contributed by atoms with Crippen molar-refractivity contribution in [1.29, 1.82) is 0 Å².